The lowest BCUT2D eigenvalue weighted by Crippen LogP contribution is -2.48. The number of benzene rings is 1. The van der Waals surface area contributed by atoms with Crippen LogP contribution >= 0.6 is 0 Å². The number of carbonyl (C=O) groups is 1. The highest BCUT2D eigenvalue weighted by Crippen LogP contribution is 2.60. The van der Waals surface area contributed by atoms with Gasteiger partial charge in [0.1, 0.15) is 5.75 Å². The molecule has 1 aromatic rings. The van der Waals surface area contributed by atoms with Gasteiger partial charge in [0, 0.05) is 0 Å². The molecular formula is C19H24O3. The van der Waals surface area contributed by atoms with Crippen LogP contribution in [0.5, 0.6) is 5.75 Å². The Balaban J connectivity index is 1.48. The Morgan fingerprint density at radius 1 is 1.05 bits per heavy atom. The molecule has 0 aliphatic heterocycles. The molecular weight excluding hydrogens is 276 g/mol. The van der Waals surface area contributed by atoms with E-state index in [-0.39, 0.29) is 13.0 Å². The van der Waals surface area contributed by atoms with Gasteiger partial charge in [0.05, 0.1) is 13.0 Å². The number of ether oxygens (including phenoxy) is 1. The molecule has 0 heterocycles. The predicted molar refractivity (Wildman–Crippen MR) is 84.0 cm³/mol. The maximum Gasteiger partial charge on any atom is 0.306 e. The highest BCUT2D eigenvalue weighted by atomic mass is 16.5. The lowest BCUT2D eigenvalue weighted by Gasteiger charge is -2.57. The van der Waals surface area contributed by atoms with Crippen LogP contribution in [0.3, 0.4) is 0 Å². The Kier molecular flexibility index (Phi) is 3.39. The van der Waals surface area contributed by atoms with E-state index in [4.69, 9.17) is 9.84 Å². The summed E-state index contributed by atoms with van der Waals surface area (Å²) >= 11 is 0. The summed E-state index contributed by atoms with van der Waals surface area (Å²) in [6.07, 6.45) is 8.58. The molecule has 4 aliphatic carbocycles. The van der Waals surface area contributed by atoms with Crippen molar-refractivity contribution in [3.8, 4) is 5.75 Å². The van der Waals surface area contributed by atoms with E-state index in [9.17, 15) is 4.79 Å². The molecule has 4 aliphatic rings. The molecule has 0 unspecified atom stereocenters. The zero-order valence-electron chi connectivity index (χ0n) is 13.0. The van der Waals surface area contributed by atoms with Gasteiger partial charge >= 0.3 is 5.97 Å². The topological polar surface area (TPSA) is 46.5 Å². The lowest BCUT2D eigenvalue weighted by molar-refractivity contribution is -0.137. The Labute approximate surface area is 131 Å². The van der Waals surface area contributed by atoms with E-state index in [0.717, 1.165) is 23.5 Å². The summed E-state index contributed by atoms with van der Waals surface area (Å²) in [6.45, 7) is 0.242. The van der Waals surface area contributed by atoms with Crippen molar-refractivity contribution in [3.05, 3.63) is 29.8 Å². The fourth-order valence-electron chi connectivity index (χ4n) is 5.63. The van der Waals surface area contributed by atoms with Crippen LogP contribution in [0.2, 0.25) is 0 Å². The van der Waals surface area contributed by atoms with Gasteiger partial charge in [-0.05, 0) is 79.4 Å². The van der Waals surface area contributed by atoms with Gasteiger partial charge in [0.15, 0.2) is 0 Å². The second-order valence-corrected chi connectivity index (χ2v) is 7.71. The Bertz CT molecular complexity index is 525. The monoisotopic (exact) mass is 300 g/mol. The molecule has 3 heteroatoms. The van der Waals surface area contributed by atoms with Crippen molar-refractivity contribution in [1.82, 2.24) is 0 Å². The maximum atomic E-state index is 10.5. The molecule has 0 atom stereocenters. The maximum absolute atomic E-state index is 10.5. The highest BCUT2D eigenvalue weighted by molar-refractivity contribution is 5.66. The van der Waals surface area contributed by atoms with Crippen LogP contribution in [0.25, 0.3) is 0 Å². The van der Waals surface area contributed by atoms with Gasteiger partial charge in [-0.3, -0.25) is 4.79 Å². The third-order valence-electron chi connectivity index (χ3n) is 6.09. The standard InChI is InChI=1S/C19H24O3/c20-18(21)5-6-22-17-3-1-16(2-4-17)19-10-13-7-14(11-19)9-15(8-13)12-19/h1-4,13-15H,5-12H2,(H,20,21). The summed E-state index contributed by atoms with van der Waals surface area (Å²) in [5.41, 5.74) is 1.91. The second-order valence-electron chi connectivity index (χ2n) is 7.71. The Morgan fingerprint density at radius 2 is 1.59 bits per heavy atom. The highest BCUT2D eigenvalue weighted by Gasteiger charge is 2.51. The Morgan fingerprint density at radius 3 is 2.09 bits per heavy atom. The zero-order chi connectivity index (χ0) is 15.2. The summed E-state index contributed by atoms with van der Waals surface area (Å²) in [5, 5.41) is 8.65. The number of carboxylic acids is 1. The molecule has 22 heavy (non-hydrogen) atoms. The molecule has 0 aromatic heterocycles. The number of carboxylic acid groups (broad SMARTS) is 1. The lowest BCUT2D eigenvalue weighted by atomic mass is 9.48. The first-order chi connectivity index (χ1) is 10.6. The van der Waals surface area contributed by atoms with E-state index < -0.39 is 5.97 Å². The minimum absolute atomic E-state index is 0.0523. The van der Waals surface area contributed by atoms with Crippen LogP contribution < -0.4 is 4.74 Å². The fraction of sp³-hybridized carbons (Fsp3) is 0.632. The van der Waals surface area contributed by atoms with Crippen LogP contribution in [-0.2, 0) is 10.2 Å². The Hall–Kier alpha value is -1.51. The molecule has 5 rings (SSSR count). The molecule has 4 bridgehead atoms. The van der Waals surface area contributed by atoms with Crippen LogP contribution in [-0.4, -0.2) is 17.7 Å². The van der Waals surface area contributed by atoms with Gasteiger partial charge in [-0.1, -0.05) is 12.1 Å². The van der Waals surface area contributed by atoms with Crippen molar-refractivity contribution in [1.29, 1.82) is 0 Å². The van der Waals surface area contributed by atoms with Crippen LogP contribution in [0.15, 0.2) is 24.3 Å². The van der Waals surface area contributed by atoms with Gasteiger partial charge in [-0.15, -0.1) is 0 Å². The summed E-state index contributed by atoms with van der Waals surface area (Å²) in [4.78, 5) is 10.5. The molecule has 3 nitrogen and oxygen atoms in total. The van der Waals surface area contributed by atoms with E-state index in [2.05, 4.69) is 12.1 Å². The van der Waals surface area contributed by atoms with Crippen molar-refractivity contribution in [3.63, 3.8) is 0 Å². The normalized spacial score (nSPS) is 35.5. The third kappa shape index (κ3) is 2.51. The second kappa shape index (κ2) is 5.29. The van der Waals surface area contributed by atoms with Crippen LogP contribution in [0.4, 0.5) is 0 Å². The van der Waals surface area contributed by atoms with Crippen molar-refractivity contribution in [2.75, 3.05) is 6.61 Å². The van der Waals surface area contributed by atoms with E-state index in [0.29, 0.717) is 5.41 Å². The van der Waals surface area contributed by atoms with E-state index in [1.54, 1.807) is 0 Å². The van der Waals surface area contributed by atoms with Gasteiger partial charge in [-0.25, -0.2) is 0 Å². The average molecular weight is 300 g/mol. The first kappa shape index (κ1) is 14.1. The first-order valence-electron chi connectivity index (χ1n) is 8.58. The number of aliphatic carboxylic acids is 1. The summed E-state index contributed by atoms with van der Waals surface area (Å²) in [7, 11) is 0. The van der Waals surface area contributed by atoms with Gasteiger partial charge < -0.3 is 9.84 Å². The van der Waals surface area contributed by atoms with E-state index in [1.807, 2.05) is 12.1 Å². The molecule has 0 spiro atoms. The van der Waals surface area contributed by atoms with Crippen LogP contribution in [0.1, 0.15) is 50.5 Å². The minimum Gasteiger partial charge on any atom is -0.493 e. The fourth-order valence-corrected chi connectivity index (χ4v) is 5.63. The molecule has 0 radical (unpaired) electrons. The summed E-state index contributed by atoms with van der Waals surface area (Å²) in [6, 6.07) is 8.50. The zero-order valence-corrected chi connectivity index (χ0v) is 13.0. The third-order valence-corrected chi connectivity index (χ3v) is 6.09. The molecule has 0 saturated heterocycles. The van der Waals surface area contributed by atoms with Crippen molar-refractivity contribution >= 4 is 5.97 Å². The van der Waals surface area contributed by atoms with Crippen molar-refractivity contribution < 1.29 is 14.6 Å². The summed E-state index contributed by atoms with van der Waals surface area (Å²) < 4.78 is 5.51. The van der Waals surface area contributed by atoms with Crippen LogP contribution in [0, 0.1) is 17.8 Å². The predicted octanol–water partition coefficient (Wildman–Crippen LogP) is 4.01. The molecule has 1 N–H and O–H groups in total. The van der Waals surface area contributed by atoms with Crippen molar-refractivity contribution in [2.45, 2.75) is 50.4 Å². The largest absolute Gasteiger partial charge is 0.493 e. The minimum atomic E-state index is -0.815. The van der Waals surface area contributed by atoms with E-state index in [1.165, 1.54) is 44.1 Å². The quantitative estimate of drug-likeness (QED) is 0.893. The molecule has 4 saturated carbocycles. The molecule has 0 amide bonds. The first-order valence-corrected chi connectivity index (χ1v) is 8.58. The average Bonchev–Trinajstić information content (AvgIpc) is 2.46. The number of rotatable bonds is 5. The molecule has 118 valence electrons. The van der Waals surface area contributed by atoms with Gasteiger partial charge in [0.25, 0.3) is 0 Å². The van der Waals surface area contributed by atoms with Gasteiger partial charge in [0.2, 0.25) is 0 Å². The van der Waals surface area contributed by atoms with Gasteiger partial charge in [-0.2, -0.15) is 0 Å². The SMILES string of the molecule is O=C(O)CCOc1ccc(C23CC4CC(CC(C4)C2)C3)cc1. The van der Waals surface area contributed by atoms with Crippen molar-refractivity contribution in [2.24, 2.45) is 17.8 Å². The number of hydrogen-bond acceptors (Lipinski definition) is 2. The molecule has 1 aromatic carbocycles. The number of hydrogen-bond donors (Lipinski definition) is 1. The van der Waals surface area contributed by atoms with E-state index >= 15 is 0 Å². The summed E-state index contributed by atoms with van der Waals surface area (Å²) in [5.74, 6) is 2.84. The molecule has 4 fully saturated rings. The smallest absolute Gasteiger partial charge is 0.306 e.